The number of nitrogens with zero attached hydrogens (tertiary/aromatic N) is 4. The second-order valence-electron chi connectivity index (χ2n) is 12.1. The minimum absolute atomic E-state index is 0.175. The molecule has 0 bridgehead atoms. The molecule has 6 aromatic carbocycles. The fourth-order valence-electron chi connectivity index (χ4n) is 7.08. The first-order valence-electron chi connectivity index (χ1n) is 15.1. The molecule has 0 atom stereocenters. The number of fused-ring (bicyclic) bond motifs is 5. The van der Waals surface area contributed by atoms with Crippen molar-refractivity contribution in [3.63, 3.8) is 0 Å². The van der Waals surface area contributed by atoms with Crippen molar-refractivity contribution in [1.82, 2.24) is 4.57 Å². The van der Waals surface area contributed by atoms with E-state index >= 15 is 0 Å². The SMILES string of the molecule is CC1(C)c2ccccc2N(c2cc(-c3ccc(C#N)c(C#N)c3)cc(-n3c4ccccc4c4ccccc43)c2)c2ccccc21. The first kappa shape index (κ1) is 26.5. The maximum absolute atomic E-state index is 9.87. The van der Waals surface area contributed by atoms with Crippen molar-refractivity contribution >= 4 is 38.9 Å². The number of anilines is 3. The van der Waals surface area contributed by atoms with E-state index in [2.05, 4.69) is 151 Å². The summed E-state index contributed by atoms with van der Waals surface area (Å²) < 4.78 is 2.33. The second-order valence-corrected chi connectivity index (χ2v) is 12.1. The summed E-state index contributed by atoms with van der Waals surface area (Å²) in [6, 6.07) is 50.9. The van der Waals surface area contributed by atoms with Gasteiger partial charge in [0.1, 0.15) is 12.1 Å². The van der Waals surface area contributed by atoms with Crippen LogP contribution in [0.3, 0.4) is 0 Å². The van der Waals surface area contributed by atoms with Crippen LogP contribution in [0.1, 0.15) is 36.1 Å². The molecule has 4 nitrogen and oxygen atoms in total. The number of hydrogen-bond acceptors (Lipinski definition) is 3. The highest BCUT2D eigenvalue weighted by atomic mass is 15.2. The van der Waals surface area contributed by atoms with Crippen LogP contribution in [0.25, 0.3) is 38.6 Å². The smallest absolute Gasteiger partial charge is 0.101 e. The summed E-state index contributed by atoms with van der Waals surface area (Å²) in [5.74, 6) is 0. The molecule has 0 unspecified atom stereocenters. The van der Waals surface area contributed by atoms with Crippen LogP contribution in [0, 0.1) is 22.7 Å². The van der Waals surface area contributed by atoms with Gasteiger partial charge in [0.25, 0.3) is 0 Å². The van der Waals surface area contributed by atoms with E-state index in [0.29, 0.717) is 11.1 Å². The number of benzene rings is 6. The lowest BCUT2D eigenvalue weighted by molar-refractivity contribution is 0.632. The van der Waals surface area contributed by atoms with E-state index in [9.17, 15) is 10.5 Å². The average Bonchev–Trinajstić information content (AvgIpc) is 3.42. The molecular weight excluding hydrogens is 548 g/mol. The summed E-state index contributed by atoms with van der Waals surface area (Å²) in [5.41, 5.74) is 11.5. The topological polar surface area (TPSA) is 55.8 Å². The van der Waals surface area contributed by atoms with Crippen molar-refractivity contribution in [2.24, 2.45) is 0 Å². The van der Waals surface area contributed by atoms with Crippen molar-refractivity contribution in [2.75, 3.05) is 4.90 Å². The minimum atomic E-state index is -0.175. The number of aromatic nitrogens is 1. The molecule has 8 rings (SSSR count). The molecule has 45 heavy (non-hydrogen) atoms. The zero-order chi connectivity index (χ0) is 30.7. The van der Waals surface area contributed by atoms with Gasteiger partial charge in [0, 0.05) is 27.6 Å². The van der Waals surface area contributed by atoms with Crippen molar-refractivity contribution < 1.29 is 0 Å². The van der Waals surface area contributed by atoms with Crippen LogP contribution in [0.2, 0.25) is 0 Å². The van der Waals surface area contributed by atoms with Crippen molar-refractivity contribution in [3.05, 3.63) is 156 Å². The van der Waals surface area contributed by atoms with Crippen LogP contribution in [0.15, 0.2) is 133 Å². The highest BCUT2D eigenvalue weighted by Crippen LogP contribution is 2.52. The molecule has 0 aliphatic carbocycles. The van der Waals surface area contributed by atoms with Gasteiger partial charge in [-0.1, -0.05) is 92.7 Å². The summed E-state index contributed by atoms with van der Waals surface area (Å²) in [7, 11) is 0. The first-order valence-corrected chi connectivity index (χ1v) is 15.1. The molecule has 1 aliphatic heterocycles. The molecule has 0 spiro atoms. The normalized spacial score (nSPS) is 13.2. The van der Waals surface area contributed by atoms with E-state index in [4.69, 9.17) is 0 Å². The van der Waals surface area contributed by atoms with Crippen molar-refractivity contribution in [3.8, 4) is 29.0 Å². The van der Waals surface area contributed by atoms with Crippen LogP contribution in [0.5, 0.6) is 0 Å². The van der Waals surface area contributed by atoms with Gasteiger partial charge >= 0.3 is 0 Å². The van der Waals surface area contributed by atoms with E-state index < -0.39 is 0 Å². The lowest BCUT2D eigenvalue weighted by atomic mass is 9.73. The predicted molar refractivity (Wildman–Crippen MR) is 182 cm³/mol. The lowest BCUT2D eigenvalue weighted by Gasteiger charge is -2.42. The molecule has 0 amide bonds. The first-order chi connectivity index (χ1) is 22.0. The monoisotopic (exact) mass is 576 g/mol. The molecular formula is C41H28N4. The summed E-state index contributed by atoms with van der Waals surface area (Å²) in [4.78, 5) is 2.37. The largest absolute Gasteiger partial charge is 0.310 e. The number of para-hydroxylation sites is 4. The van der Waals surface area contributed by atoms with Crippen molar-refractivity contribution in [1.29, 1.82) is 10.5 Å². The molecule has 212 valence electrons. The summed E-state index contributed by atoms with van der Waals surface area (Å²) in [5, 5.41) is 21.9. The third-order valence-corrected chi connectivity index (χ3v) is 9.23. The molecule has 1 aliphatic rings. The van der Waals surface area contributed by atoms with Crippen LogP contribution in [-0.2, 0) is 5.41 Å². The molecule has 0 saturated carbocycles. The van der Waals surface area contributed by atoms with E-state index in [1.807, 2.05) is 12.1 Å². The van der Waals surface area contributed by atoms with Gasteiger partial charge in [-0.05, 0) is 76.9 Å². The van der Waals surface area contributed by atoms with E-state index in [0.717, 1.165) is 44.9 Å². The Morgan fingerprint density at radius 1 is 0.511 bits per heavy atom. The molecule has 4 heteroatoms. The third-order valence-electron chi connectivity index (χ3n) is 9.23. The van der Waals surface area contributed by atoms with Crippen molar-refractivity contribution in [2.45, 2.75) is 19.3 Å². The summed E-state index contributed by atoms with van der Waals surface area (Å²) >= 11 is 0. The Balaban J connectivity index is 1.47. The molecule has 2 heterocycles. The summed E-state index contributed by atoms with van der Waals surface area (Å²) in [6.07, 6.45) is 0. The summed E-state index contributed by atoms with van der Waals surface area (Å²) in [6.45, 7) is 4.59. The average molecular weight is 577 g/mol. The molecule has 7 aromatic rings. The van der Waals surface area contributed by atoms with Gasteiger partial charge in [0.15, 0.2) is 0 Å². The minimum Gasteiger partial charge on any atom is -0.310 e. The zero-order valence-electron chi connectivity index (χ0n) is 25.0. The highest BCUT2D eigenvalue weighted by molar-refractivity contribution is 6.09. The third kappa shape index (κ3) is 3.97. The van der Waals surface area contributed by atoms with Crippen LogP contribution >= 0.6 is 0 Å². The van der Waals surface area contributed by atoms with E-state index in [1.165, 1.54) is 21.9 Å². The second kappa shape index (κ2) is 9.98. The van der Waals surface area contributed by atoms with E-state index in [1.54, 1.807) is 6.07 Å². The Hall–Kier alpha value is -6.10. The van der Waals surface area contributed by atoms with Gasteiger partial charge in [-0.15, -0.1) is 0 Å². The predicted octanol–water partition coefficient (Wildman–Crippen LogP) is 10.3. The van der Waals surface area contributed by atoms with Crippen LogP contribution in [0.4, 0.5) is 17.1 Å². The highest BCUT2D eigenvalue weighted by Gasteiger charge is 2.36. The Labute approximate surface area is 262 Å². The van der Waals surface area contributed by atoms with Crippen LogP contribution in [-0.4, -0.2) is 4.57 Å². The quantitative estimate of drug-likeness (QED) is 0.210. The van der Waals surface area contributed by atoms with Gasteiger partial charge in [0.05, 0.1) is 33.5 Å². The van der Waals surface area contributed by atoms with Gasteiger partial charge in [-0.2, -0.15) is 10.5 Å². The van der Waals surface area contributed by atoms with E-state index in [-0.39, 0.29) is 5.41 Å². The Bertz CT molecular complexity index is 2290. The fraction of sp³-hybridized carbons (Fsp3) is 0.0732. The van der Waals surface area contributed by atoms with Gasteiger partial charge in [-0.25, -0.2) is 0 Å². The molecule has 0 saturated heterocycles. The lowest BCUT2D eigenvalue weighted by Crippen LogP contribution is -2.30. The molecule has 0 radical (unpaired) electrons. The van der Waals surface area contributed by atoms with Gasteiger partial charge in [-0.3, -0.25) is 0 Å². The number of rotatable bonds is 3. The molecule has 1 aromatic heterocycles. The zero-order valence-corrected chi connectivity index (χ0v) is 25.0. The Morgan fingerprint density at radius 3 is 1.64 bits per heavy atom. The number of nitriles is 2. The number of hydrogen-bond donors (Lipinski definition) is 0. The standard InChI is InChI=1S/C41H28N4/c1-41(2)35-13-5-9-17-39(35)45(40-18-10-6-14-36(40)41)32-23-29(27-19-20-28(25-42)30(21-27)26-43)22-31(24-32)44-37-15-7-3-11-33(37)34-12-4-8-16-38(34)44/h3-24H,1-2H3. The maximum atomic E-state index is 9.87. The molecule has 0 N–H and O–H groups in total. The fourth-order valence-corrected chi connectivity index (χ4v) is 7.08. The maximum Gasteiger partial charge on any atom is 0.101 e. The van der Waals surface area contributed by atoms with Gasteiger partial charge < -0.3 is 9.47 Å². The molecule has 0 fully saturated rings. The Morgan fingerprint density at radius 2 is 1.04 bits per heavy atom. The Kier molecular flexibility index (Phi) is 5.88. The van der Waals surface area contributed by atoms with Crippen LogP contribution < -0.4 is 4.90 Å². The van der Waals surface area contributed by atoms with Gasteiger partial charge in [0.2, 0.25) is 0 Å².